The zero-order valence-corrected chi connectivity index (χ0v) is 14.0. The molecule has 116 valence electrons. The van der Waals surface area contributed by atoms with Gasteiger partial charge < -0.3 is 0 Å². The van der Waals surface area contributed by atoms with Crippen LogP contribution in [0.15, 0.2) is 48.5 Å². The van der Waals surface area contributed by atoms with Crippen LogP contribution < -0.4 is 9.44 Å². The van der Waals surface area contributed by atoms with Crippen LogP contribution in [0.25, 0.3) is 0 Å². The molecule has 3 rings (SSSR count). The third kappa shape index (κ3) is 2.87. The highest BCUT2D eigenvalue weighted by molar-refractivity contribution is 7.87. The summed E-state index contributed by atoms with van der Waals surface area (Å²) in [6, 6.07) is 13.8. The molecule has 2 aromatic carbocycles. The zero-order chi connectivity index (χ0) is 16.0. The topological polar surface area (TPSA) is 58.2 Å². The summed E-state index contributed by atoms with van der Waals surface area (Å²) in [5.74, 6) is 0. The van der Waals surface area contributed by atoms with Crippen molar-refractivity contribution < 1.29 is 8.42 Å². The standard InChI is InChI=1S/C15H14Cl2N2O2S/c1-15(11-4-8-13(17)9-5-11)14(18-22(20,21)19-15)10-2-6-12(16)7-3-10/h2-9,14,18-19H,1H3/t14-,15+/m0/s1. The van der Waals surface area contributed by atoms with Gasteiger partial charge in [0.25, 0.3) is 10.2 Å². The quantitative estimate of drug-likeness (QED) is 0.866. The number of nitrogens with one attached hydrogen (secondary N) is 2. The minimum Gasteiger partial charge on any atom is -0.195 e. The van der Waals surface area contributed by atoms with E-state index in [0.29, 0.717) is 10.0 Å². The maximum atomic E-state index is 12.1. The molecule has 1 fully saturated rings. The van der Waals surface area contributed by atoms with Crippen LogP contribution in [0.3, 0.4) is 0 Å². The van der Waals surface area contributed by atoms with E-state index >= 15 is 0 Å². The molecule has 0 aliphatic carbocycles. The lowest BCUT2D eigenvalue weighted by Crippen LogP contribution is -2.39. The van der Waals surface area contributed by atoms with Crippen molar-refractivity contribution in [2.75, 3.05) is 0 Å². The van der Waals surface area contributed by atoms with Gasteiger partial charge in [-0.2, -0.15) is 17.9 Å². The predicted octanol–water partition coefficient (Wildman–Crippen LogP) is 3.39. The summed E-state index contributed by atoms with van der Waals surface area (Å²) >= 11 is 11.8. The summed E-state index contributed by atoms with van der Waals surface area (Å²) in [6.45, 7) is 1.84. The molecule has 4 nitrogen and oxygen atoms in total. The first-order valence-electron chi connectivity index (χ1n) is 6.63. The van der Waals surface area contributed by atoms with E-state index < -0.39 is 21.8 Å². The Kier molecular flexibility index (Phi) is 3.95. The third-order valence-corrected chi connectivity index (χ3v) is 5.59. The van der Waals surface area contributed by atoms with E-state index in [9.17, 15) is 8.42 Å². The van der Waals surface area contributed by atoms with Gasteiger partial charge in [-0.15, -0.1) is 0 Å². The van der Waals surface area contributed by atoms with E-state index in [0.717, 1.165) is 11.1 Å². The lowest BCUT2D eigenvalue weighted by molar-refractivity contribution is 0.379. The van der Waals surface area contributed by atoms with E-state index in [1.54, 1.807) is 24.3 Å². The molecule has 2 atom stereocenters. The van der Waals surface area contributed by atoms with Gasteiger partial charge in [-0.3, -0.25) is 0 Å². The highest BCUT2D eigenvalue weighted by Crippen LogP contribution is 2.40. The van der Waals surface area contributed by atoms with Crippen LogP contribution in [0.4, 0.5) is 0 Å². The van der Waals surface area contributed by atoms with Gasteiger partial charge in [0.05, 0.1) is 11.6 Å². The van der Waals surface area contributed by atoms with Crippen molar-refractivity contribution in [1.29, 1.82) is 0 Å². The molecule has 1 saturated heterocycles. The van der Waals surface area contributed by atoms with Crippen molar-refractivity contribution in [2.45, 2.75) is 18.5 Å². The summed E-state index contributed by atoms with van der Waals surface area (Å²) in [7, 11) is -3.59. The number of rotatable bonds is 2. The normalized spacial score (nSPS) is 27.0. The summed E-state index contributed by atoms with van der Waals surface area (Å²) in [5, 5.41) is 1.20. The van der Waals surface area contributed by atoms with Gasteiger partial charge >= 0.3 is 0 Å². The fourth-order valence-electron chi connectivity index (χ4n) is 2.72. The second-order valence-corrected chi connectivity index (χ2v) is 7.74. The molecule has 0 spiro atoms. The summed E-state index contributed by atoms with van der Waals surface area (Å²) < 4.78 is 29.5. The van der Waals surface area contributed by atoms with Crippen molar-refractivity contribution in [3.8, 4) is 0 Å². The molecule has 0 radical (unpaired) electrons. The highest BCUT2D eigenvalue weighted by atomic mass is 35.5. The second-order valence-electron chi connectivity index (χ2n) is 5.42. The van der Waals surface area contributed by atoms with Crippen LogP contribution in [0, 0.1) is 0 Å². The van der Waals surface area contributed by atoms with Crippen LogP contribution >= 0.6 is 23.2 Å². The molecule has 0 saturated carbocycles. The van der Waals surface area contributed by atoms with Crippen LogP contribution in [-0.2, 0) is 15.7 Å². The molecule has 0 amide bonds. The number of hydrogen-bond acceptors (Lipinski definition) is 2. The molecule has 2 N–H and O–H groups in total. The Balaban J connectivity index is 2.10. The lowest BCUT2D eigenvalue weighted by atomic mass is 9.82. The molecular formula is C15H14Cl2N2O2S. The van der Waals surface area contributed by atoms with Gasteiger partial charge in [0.1, 0.15) is 0 Å². The van der Waals surface area contributed by atoms with E-state index in [-0.39, 0.29) is 0 Å². The van der Waals surface area contributed by atoms with Gasteiger partial charge in [0, 0.05) is 10.0 Å². The van der Waals surface area contributed by atoms with Crippen molar-refractivity contribution in [3.63, 3.8) is 0 Å². The molecule has 1 aliphatic rings. The molecule has 0 aromatic heterocycles. The van der Waals surface area contributed by atoms with E-state index in [1.165, 1.54) is 0 Å². The predicted molar refractivity (Wildman–Crippen MR) is 88.2 cm³/mol. The molecular weight excluding hydrogens is 343 g/mol. The van der Waals surface area contributed by atoms with Crippen molar-refractivity contribution in [3.05, 3.63) is 69.7 Å². The minimum atomic E-state index is -3.59. The average molecular weight is 357 g/mol. The number of benzene rings is 2. The van der Waals surface area contributed by atoms with Crippen molar-refractivity contribution in [1.82, 2.24) is 9.44 Å². The Morgan fingerprint density at radius 3 is 2.00 bits per heavy atom. The number of hydrogen-bond donors (Lipinski definition) is 2. The first-order chi connectivity index (χ1) is 10.3. The Morgan fingerprint density at radius 2 is 1.45 bits per heavy atom. The first-order valence-corrected chi connectivity index (χ1v) is 8.87. The molecule has 1 heterocycles. The monoisotopic (exact) mass is 356 g/mol. The van der Waals surface area contributed by atoms with Crippen LogP contribution in [-0.4, -0.2) is 8.42 Å². The Morgan fingerprint density at radius 1 is 0.955 bits per heavy atom. The molecule has 22 heavy (non-hydrogen) atoms. The van der Waals surface area contributed by atoms with Crippen LogP contribution in [0.2, 0.25) is 10.0 Å². The van der Waals surface area contributed by atoms with Crippen LogP contribution in [0.1, 0.15) is 24.1 Å². The van der Waals surface area contributed by atoms with Crippen molar-refractivity contribution >= 4 is 33.4 Å². The molecule has 0 unspecified atom stereocenters. The fourth-order valence-corrected chi connectivity index (χ4v) is 4.51. The lowest BCUT2D eigenvalue weighted by Gasteiger charge is -2.30. The van der Waals surface area contributed by atoms with E-state index in [4.69, 9.17) is 23.2 Å². The summed E-state index contributed by atoms with van der Waals surface area (Å²) in [6.07, 6.45) is 0. The zero-order valence-electron chi connectivity index (χ0n) is 11.7. The van der Waals surface area contributed by atoms with Gasteiger partial charge in [-0.25, -0.2) is 0 Å². The van der Waals surface area contributed by atoms with Gasteiger partial charge in [0.2, 0.25) is 0 Å². The smallest absolute Gasteiger partial charge is 0.195 e. The fraction of sp³-hybridized carbons (Fsp3) is 0.200. The first kappa shape index (κ1) is 15.8. The summed E-state index contributed by atoms with van der Waals surface area (Å²) in [4.78, 5) is 0. The molecule has 2 aromatic rings. The third-order valence-electron chi connectivity index (χ3n) is 3.84. The Bertz CT molecular complexity index is 791. The minimum absolute atomic E-state index is 0.448. The summed E-state index contributed by atoms with van der Waals surface area (Å²) in [5.41, 5.74) is 0.831. The Labute approximate surface area is 139 Å². The Hall–Kier alpha value is -1.11. The molecule has 7 heteroatoms. The SMILES string of the molecule is C[C@]1(c2ccc(Cl)cc2)NS(=O)(=O)N[C@H]1c1ccc(Cl)cc1. The highest BCUT2D eigenvalue weighted by Gasteiger charge is 2.48. The second kappa shape index (κ2) is 5.51. The maximum absolute atomic E-state index is 12.1. The van der Waals surface area contributed by atoms with E-state index in [2.05, 4.69) is 9.44 Å². The largest absolute Gasteiger partial charge is 0.278 e. The maximum Gasteiger partial charge on any atom is 0.278 e. The average Bonchev–Trinajstić information content (AvgIpc) is 2.71. The van der Waals surface area contributed by atoms with Gasteiger partial charge in [-0.1, -0.05) is 47.5 Å². The van der Waals surface area contributed by atoms with Crippen LogP contribution in [0.5, 0.6) is 0 Å². The van der Waals surface area contributed by atoms with Gasteiger partial charge in [0.15, 0.2) is 0 Å². The van der Waals surface area contributed by atoms with Gasteiger partial charge in [-0.05, 0) is 42.3 Å². The molecule has 1 aliphatic heterocycles. The number of halogens is 2. The van der Waals surface area contributed by atoms with E-state index in [1.807, 2.05) is 31.2 Å². The van der Waals surface area contributed by atoms with Crippen molar-refractivity contribution in [2.24, 2.45) is 0 Å². The molecule has 0 bridgehead atoms.